The number of carbonyl (C=O) groups is 2. The Balaban J connectivity index is 2.13. The van der Waals surface area contributed by atoms with Gasteiger partial charge in [-0.1, -0.05) is 12.2 Å². The third kappa shape index (κ3) is 1.81. The second kappa shape index (κ2) is 3.77. The van der Waals surface area contributed by atoms with Gasteiger partial charge in [0, 0.05) is 6.54 Å². The van der Waals surface area contributed by atoms with Gasteiger partial charge in [0.05, 0.1) is 11.5 Å². The number of amides is 2. The average Bonchev–Trinajstić information content (AvgIpc) is 2.61. The number of thiocarbonyl (C=S) groups is 1. The van der Waals surface area contributed by atoms with Crippen molar-refractivity contribution in [1.82, 2.24) is 9.80 Å². The molecule has 0 bridgehead atoms. The first-order chi connectivity index (χ1) is 7.09. The molecule has 0 spiro atoms. The minimum Gasteiger partial charge on any atom is -0.392 e. The maximum absolute atomic E-state index is 11.9. The largest absolute Gasteiger partial charge is 0.392 e. The normalized spacial score (nSPS) is 25.7. The van der Waals surface area contributed by atoms with Crippen LogP contribution in [0.2, 0.25) is 0 Å². The molecule has 2 heterocycles. The molecule has 82 valence electrons. The Hall–Kier alpha value is -1.17. The summed E-state index contributed by atoms with van der Waals surface area (Å²) in [6, 6.07) is -0.263. The number of hydrogen-bond acceptors (Lipinski definition) is 3. The van der Waals surface area contributed by atoms with E-state index in [1.165, 1.54) is 4.90 Å². The van der Waals surface area contributed by atoms with Gasteiger partial charge >= 0.3 is 0 Å². The Morgan fingerprint density at radius 1 is 1.53 bits per heavy atom. The lowest BCUT2D eigenvalue weighted by molar-refractivity contribution is -0.152. The van der Waals surface area contributed by atoms with Crippen LogP contribution in [0, 0.1) is 0 Å². The monoisotopic (exact) mass is 227 g/mol. The number of rotatable bonds is 2. The summed E-state index contributed by atoms with van der Waals surface area (Å²) in [6.07, 6.45) is 1.67. The molecule has 0 aromatic heterocycles. The molecule has 1 atom stereocenters. The van der Waals surface area contributed by atoms with E-state index >= 15 is 0 Å². The van der Waals surface area contributed by atoms with Gasteiger partial charge in [0.25, 0.3) is 0 Å². The molecule has 1 unspecified atom stereocenters. The fraction of sp³-hybridized carbons (Fsp3) is 0.667. The minimum absolute atomic E-state index is 0.00773. The van der Waals surface area contributed by atoms with Gasteiger partial charge in [0.2, 0.25) is 11.8 Å². The Labute approximate surface area is 93.2 Å². The molecule has 2 amide bonds. The van der Waals surface area contributed by atoms with Crippen LogP contribution in [0.1, 0.15) is 12.8 Å². The zero-order valence-electron chi connectivity index (χ0n) is 8.31. The quantitative estimate of drug-likeness (QED) is 0.621. The molecule has 2 saturated heterocycles. The van der Waals surface area contributed by atoms with Gasteiger partial charge in [0.15, 0.2) is 0 Å². The molecule has 15 heavy (non-hydrogen) atoms. The number of hydrogen-bond donors (Lipinski definition) is 1. The van der Waals surface area contributed by atoms with Crippen molar-refractivity contribution in [2.24, 2.45) is 5.73 Å². The topological polar surface area (TPSA) is 66.6 Å². The van der Waals surface area contributed by atoms with Gasteiger partial charge in [-0.3, -0.25) is 9.59 Å². The van der Waals surface area contributed by atoms with E-state index in [9.17, 15) is 9.59 Å². The van der Waals surface area contributed by atoms with Crippen molar-refractivity contribution in [2.75, 3.05) is 19.6 Å². The van der Waals surface area contributed by atoms with Crippen LogP contribution in [0.15, 0.2) is 0 Å². The molecule has 2 fully saturated rings. The molecule has 2 rings (SSSR count). The Kier molecular flexibility index (Phi) is 2.60. The van der Waals surface area contributed by atoms with Crippen molar-refractivity contribution in [1.29, 1.82) is 0 Å². The zero-order valence-corrected chi connectivity index (χ0v) is 9.13. The summed E-state index contributed by atoms with van der Waals surface area (Å²) in [4.78, 5) is 26.9. The van der Waals surface area contributed by atoms with Gasteiger partial charge in [-0.05, 0) is 12.8 Å². The lowest BCUT2D eigenvalue weighted by atomic mass is 10.1. The van der Waals surface area contributed by atoms with Crippen LogP contribution in [0.5, 0.6) is 0 Å². The second-order valence-electron chi connectivity index (χ2n) is 3.91. The fourth-order valence-corrected chi connectivity index (χ4v) is 2.34. The van der Waals surface area contributed by atoms with E-state index in [0.29, 0.717) is 6.54 Å². The second-order valence-corrected chi connectivity index (χ2v) is 4.43. The average molecular weight is 227 g/mol. The lowest BCUT2D eigenvalue weighted by Crippen LogP contribution is -2.58. The number of piperazine rings is 1. The lowest BCUT2D eigenvalue weighted by Gasteiger charge is -2.36. The number of fused-ring (bicyclic) bond motifs is 1. The number of nitrogens with zero attached hydrogens (tertiary/aromatic N) is 2. The highest BCUT2D eigenvalue weighted by Crippen LogP contribution is 2.23. The molecular formula is C9H13N3O2S. The van der Waals surface area contributed by atoms with Gasteiger partial charge in [0.1, 0.15) is 12.6 Å². The van der Waals surface area contributed by atoms with Gasteiger partial charge in [-0.2, -0.15) is 0 Å². The van der Waals surface area contributed by atoms with Crippen LogP contribution in [0.3, 0.4) is 0 Å². The Morgan fingerprint density at radius 3 is 2.93 bits per heavy atom. The third-order valence-electron chi connectivity index (χ3n) is 2.84. The van der Waals surface area contributed by atoms with Gasteiger partial charge < -0.3 is 15.5 Å². The van der Waals surface area contributed by atoms with E-state index in [0.717, 1.165) is 12.8 Å². The van der Waals surface area contributed by atoms with Crippen LogP contribution in [0.4, 0.5) is 0 Å². The highest BCUT2D eigenvalue weighted by atomic mass is 32.1. The van der Waals surface area contributed by atoms with Crippen molar-refractivity contribution in [3.8, 4) is 0 Å². The van der Waals surface area contributed by atoms with Crippen molar-refractivity contribution >= 4 is 29.0 Å². The standard InChI is InChI=1S/C9H13N3O2S/c10-7(15)4-11-5-8(13)12-3-1-2-6(12)9(11)14/h6H,1-5H2,(H2,10,15). The molecule has 2 aliphatic rings. The summed E-state index contributed by atoms with van der Waals surface area (Å²) in [5, 5.41) is 0. The third-order valence-corrected chi connectivity index (χ3v) is 2.97. The Morgan fingerprint density at radius 2 is 2.27 bits per heavy atom. The molecular weight excluding hydrogens is 214 g/mol. The van der Waals surface area contributed by atoms with E-state index in [1.54, 1.807) is 4.90 Å². The summed E-state index contributed by atoms with van der Waals surface area (Å²) in [6.45, 7) is 1.03. The number of carbonyl (C=O) groups excluding carboxylic acids is 2. The van der Waals surface area contributed by atoms with E-state index in [-0.39, 0.29) is 35.9 Å². The maximum Gasteiger partial charge on any atom is 0.246 e. The molecule has 5 nitrogen and oxygen atoms in total. The fourth-order valence-electron chi connectivity index (χ4n) is 2.19. The van der Waals surface area contributed by atoms with E-state index < -0.39 is 0 Å². The molecule has 0 radical (unpaired) electrons. The van der Waals surface area contributed by atoms with Crippen LogP contribution in [-0.2, 0) is 9.59 Å². The first kappa shape index (κ1) is 10.4. The predicted molar refractivity (Wildman–Crippen MR) is 58.1 cm³/mol. The Bertz CT molecular complexity index is 331. The van der Waals surface area contributed by atoms with Crippen molar-refractivity contribution in [2.45, 2.75) is 18.9 Å². The smallest absolute Gasteiger partial charge is 0.246 e. The minimum atomic E-state index is -0.263. The molecule has 0 aromatic rings. The van der Waals surface area contributed by atoms with Crippen LogP contribution in [-0.4, -0.2) is 52.3 Å². The zero-order chi connectivity index (χ0) is 11.0. The molecule has 2 N–H and O–H groups in total. The molecule has 0 aromatic carbocycles. The SMILES string of the molecule is NC(=S)CN1CC(=O)N2CCCC2C1=O. The predicted octanol–water partition coefficient (Wildman–Crippen LogP) is -0.894. The molecule has 0 aliphatic carbocycles. The van der Waals surface area contributed by atoms with Crippen molar-refractivity contribution in [3.05, 3.63) is 0 Å². The van der Waals surface area contributed by atoms with Crippen molar-refractivity contribution in [3.63, 3.8) is 0 Å². The van der Waals surface area contributed by atoms with Crippen LogP contribution >= 0.6 is 12.2 Å². The maximum atomic E-state index is 11.9. The van der Waals surface area contributed by atoms with Crippen LogP contribution < -0.4 is 5.73 Å². The summed E-state index contributed by atoms with van der Waals surface area (Å²) in [5.74, 6) is -0.00625. The van der Waals surface area contributed by atoms with Crippen molar-refractivity contribution < 1.29 is 9.59 Å². The van der Waals surface area contributed by atoms with Gasteiger partial charge in [-0.25, -0.2) is 0 Å². The first-order valence-corrected chi connectivity index (χ1v) is 5.37. The first-order valence-electron chi connectivity index (χ1n) is 4.96. The van der Waals surface area contributed by atoms with E-state index in [1.807, 2.05) is 0 Å². The summed E-state index contributed by atoms with van der Waals surface area (Å²) in [5.41, 5.74) is 5.38. The molecule has 6 heteroatoms. The molecule has 0 saturated carbocycles. The van der Waals surface area contributed by atoms with Crippen LogP contribution in [0.25, 0.3) is 0 Å². The summed E-state index contributed by atoms with van der Waals surface area (Å²) < 4.78 is 0. The summed E-state index contributed by atoms with van der Waals surface area (Å²) in [7, 11) is 0. The van der Waals surface area contributed by atoms with E-state index in [4.69, 9.17) is 18.0 Å². The number of nitrogens with two attached hydrogens (primary N) is 1. The molecule has 2 aliphatic heterocycles. The highest BCUT2D eigenvalue weighted by molar-refractivity contribution is 7.80. The highest BCUT2D eigenvalue weighted by Gasteiger charge is 2.41. The summed E-state index contributed by atoms with van der Waals surface area (Å²) >= 11 is 4.75. The van der Waals surface area contributed by atoms with E-state index in [2.05, 4.69) is 0 Å². The van der Waals surface area contributed by atoms with Gasteiger partial charge in [-0.15, -0.1) is 0 Å².